The summed E-state index contributed by atoms with van der Waals surface area (Å²) in [5, 5.41) is 6.69. The molecule has 0 amide bonds. The van der Waals surface area contributed by atoms with Crippen molar-refractivity contribution in [2.45, 2.75) is 72.6 Å². The van der Waals surface area contributed by atoms with Crippen molar-refractivity contribution in [3.8, 4) is 22.3 Å². The Morgan fingerprint density at radius 3 is 1.30 bits per heavy atom. The molecular formula is C41H42Cl4Zr-2. The number of halogens is 4. The molecule has 0 radical (unpaired) electrons. The largest absolute Gasteiger partial charge is 1.00 e. The molecule has 240 valence electrons. The quantitative estimate of drug-likeness (QED) is 0.170. The van der Waals surface area contributed by atoms with Crippen molar-refractivity contribution in [3.63, 3.8) is 0 Å². The summed E-state index contributed by atoms with van der Waals surface area (Å²) in [6.07, 6.45) is 10.0. The number of rotatable bonds is 2. The van der Waals surface area contributed by atoms with Crippen LogP contribution in [0.4, 0.5) is 0 Å². The molecule has 0 aliphatic heterocycles. The third-order valence-corrected chi connectivity index (χ3v) is 8.00. The van der Waals surface area contributed by atoms with Gasteiger partial charge >= 0.3 is 41.3 Å². The minimum absolute atomic E-state index is 0. The average molecular weight is 768 g/mol. The molecule has 0 N–H and O–H groups in total. The fourth-order valence-corrected chi connectivity index (χ4v) is 5.68. The molecule has 6 rings (SSSR count). The summed E-state index contributed by atoms with van der Waals surface area (Å²) < 4.78 is 1.51. The van der Waals surface area contributed by atoms with Gasteiger partial charge in [0.1, 0.15) is 0 Å². The molecule has 0 spiro atoms. The summed E-state index contributed by atoms with van der Waals surface area (Å²) in [4.78, 5) is 0. The van der Waals surface area contributed by atoms with E-state index in [-0.39, 0.29) is 35.6 Å². The van der Waals surface area contributed by atoms with Gasteiger partial charge in [-0.1, -0.05) is 101 Å². The summed E-state index contributed by atoms with van der Waals surface area (Å²) >= 11 is 13.9. The van der Waals surface area contributed by atoms with E-state index in [1.807, 2.05) is 36.4 Å². The van der Waals surface area contributed by atoms with Crippen molar-refractivity contribution < 1.29 is 49.0 Å². The molecule has 0 saturated heterocycles. The summed E-state index contributed by atoms with van der Waals surface area (Å²) in [6, 6.07) is 28.3. The molecular weight excluding hydrogens is 725 g/mol. The predicted octanol–water partition coefficient (Wildman–Crippen LogP) is 7.01. The Balaban J connectivity index is 0.000000586. The van der Waals surface area contributed by atoms with Crippen molar-refractivity contribution in [2.75, 3.05) is 0 Å². The number of hydrogen-bond donors (Lipinski definition) is 0. The van der Waals surface area contributed by atoms with E-state index in [4.69, 9.17) is 23.2 Å². The second-order valence-electron chi connectivity index (χ2n) is 13.6. The Morgan fingerprint density at radius 2 is 1.04 bits per heavy atom. The van der Waals surface area contributed by atoms with E-state index in [1.165, 1.54) is 58.1 Å². The Morgan fingerprint density at radius 1 is 0.674 bits per heavy atom. The number of hydrogen-bond acceptors (Lipinski definition) is 0. The fraction of sp³-hybridized carbons (Fsp3) is 0.268. The van der Waals surface area contributed by atoms with Gasteiger partial charge in [-0.3, -0.25) is 6.08 Å². The van der Waals surface area contributed by atoms with Gasteiger partial charge in [-0.2, -0.15) is 6.08 Å². The molecule has 5 aromatic carbocycles. The van der Waals surface area contributed by atoms with E-state index >= 15 is 0 Å². The van der Waals surface area contributed by atoms with E-state index in [0.29, 0.717) is 0 Å². The Kier molecular flexibility index (Phi) is 14.9. The number of allylic oxidation sites excluding steroid dienone is 4. The Hall–Kier alpha value is -1.86. The molecule has 0 fully saturated rings. The van der Waals surface area contributed by atoms with Crippen LogP contribution in [-0.4, -0.2) is 3.21 Å². The summed E-state index contributed by atoms with van der Waals surface area (Å²) in [5.41, 5.74) is 7.63. The Bertz CT molecular complexity index is 1690. The summed E-state index contributed by atoms with van der Waals surface area (Å²) in [6.45, 7) is 18.0. The summed E-state index contributed by atoms with van der Waals surface area (Å²) in [5.74, 6) is 0. The van der Waals surface area contributed by atoms with Crippen molar-refractivity contribution >= 4 is 48.0 Å². The normalized spacial score (nSPS) is 12.1. The SMILES string of the molecule is CC(C)(C)c1cc2c(cc1-c1ccc(Cl)cc1)[cH-]c1cc(-c3ccc(Cl)cc3)c(C(C)(C)C)cc12.C[C](C)=[Zr+2].[C-]1=CC=CC1.[Cl-].[Cl-]. The van der Waals surface area contributed by atoms with E-state index < -0.39 is 0 Å². The first kappa shape index (κ1) is 40.3. The average Bonchev–Trinajstić information content (AvgIpc) is 3.63. The van der Waals surface area contributed by atoms with Gasteiger partial charge in [0, 0.05) is 10.0 Å². The molecule has 0 heterocycles. The third-order valence-electron chi connectivity index (χ3n) is 7.49. The second-order valence-corrected chi connectivity index (χ2v) is 17.0. The zero-order chi connectivity index (χ0) is 32.2. The van der Waals surface area contributed by atoms with Crippen molar-refractivity contribution in [2.24, 2.45) is 0 Å². The van der Waals surface area contributed by atoms with Crippen molar-refractivity contribution in [3.05, 3.63) is 124 Å². The van der Waals surface area contributed by atoms with Gasteiger partial charge in [0.25, 0.3) is 0 Å². The molecule has 1 aliphatic rings. The van der Waals surface area contributed by atoms with Gasteiger partial charge in [-0.25, -0.2) is 12.2 Å². The minimum atomic E-state index is 0. The van der Waals surface area contributed by atoms with E-state index in [9.17, 15) is 0 Å². The van der Waals surface area contributed by atoms with E-state index in [1.54, 1.807) is 24.2 Å². The smallest absolute Gasteiger partial charge is 0.109 e. The first-order chi connectivity index (χ1) is 20.6. The van der Waals surface area contributed by atoms with E-state index in [2.05, 4.69) is 122 Å². The molecule has 0 aromatic heterocycles. The second kappa shape index (κ2) is 17.0. The molecule has 0 unspecified atom stereocenters. The maximum absolute atomic E-state index is 6.20. The van der Waals surface area contributed by atoms with Crippen molar-refractivity contribution in [1.29, 1.82) is 0 Å². The van der Waals surface area contributed by atoms with E-state index in [0.717, 1.165) is 16.5 Å². The monoisotopic (exact) mass is 764 g/mol. The molecule has 0 nitrogen and oxygen atoms in total. The van der Waals surface area contributed by atoms with Gasteiger partial charge in [0.2, 0.25) is 0 Å². The van der Waals surface area contributed by atoms with Crippen molar-refractivity contribution in [1.82, 2.24) is 0 Å². The first-order valence-corrected chi connectivity index (χ1v) is 17.1. The zero-order valence-corrected chi connectivity index (χ0v) is 33.4. The third kappa shape index (κ3) is 10.3. The molecule has 0 atom stereocenters. The number of benzene rings is 4. The number of fused-ring (bicyclic) bond motifs is 3. The van der Waals surface area contributed by atoms with Crippen LogP contribution in [0.3, 0.4) is 0 Å². The Labute approximate surface area is 313 Å². The first-order valence-electron chi connectivity index (χ1n) is 15.1. The minimum Gasteiger partial charge on any atom is -1.00 e. The van der Waals surface area contributed by atoms with Crippen LogP contribution in [0.25, 0.3) is 43.8 Å². The van der Waals surface area contributed by atoms with Gasteiger partial charge in [-0.05, 0) is 68.5 Å². The van der Waals surface area contributed by atoms with Crippen LogP contribution in [0.5, 0.6) is 0 Å². The predicted molar refractivity (Wildman–Crippen MR) is 193 cm³/mol. The van der Waals surface area contributed by atoms with Crippen LogP contribution < -0.4 is 24.8 Å². The molecule has 5 aromatic rings. The van der Waals surface area contributed by atoms with Gasteiger partial charge in [0.15, 0.2) is 0 Å². The fourth-order valence-electron chi connectivity index (χ4n) is 5.42. The van der Waals surface area contributed by atoms with Gasteiger partial charge < -0.3 is 24.8 Å². The van der Waals surface area contributed by atoms with Crippen LogP contribution >= 0.6 is 23.2 Å². The van der Waals surface area contributed by atoms with Crippen LogP contribution in [0.2, 0.25) is 10.0 Å². The van der Waals surface area contributed by atoms with Gasteiger partial charge in [-0.15, -0.1) is 46.2 Å². The molecule has 0 saturated carbocycles. The molecule has 1 aliphatic carbocycles. The van der Waals surface area contributed by atoms with Gasteiger partial charge in [0.05, 0.1) is 0 Å². The zero-order valence-electron chi connectivity index (χ0n) is 28.0. The maximum Gasteiger partial charge on any atom is -0.109 e. The molecule has 0 bridgehead atoms. The standard InChI is InChI=1S/C33H31Cl2.C5H5.C3H6.2ClH.Zr/c1-32(2,3)30-18-26-22(16-28(30)20-7-11-24(34)12-8-20)15-23-17-29(21-9-13-25(35)14-10-21)31(19-27(23)26)33(4,5)6;1-2-4-5-3-1;1-3-2;;;/h7-19H,1-6H3;1-3H,4H2;1-2H3;2*1H;/q2*-1;;;;+2/p-2. The van der Waals surface area contributed by atoms with Crippen LogP contribution in [0.1, 0.15) is 72.9 Å². The topological polar surface area (TPSA) is 0 Å². The maximum atomic E-state index is 6.20. The molecule has 5 heteroatoms. The van der Waals surface area contributed by atoms with Crippen LogP contribution in [-0.2, 0) is 35.1 Å². The van der Waals surface area contributed by atoms with Crippen LogP contribution in [0.15, 0.2) is 97.1 Å². The summed E-state index contributed by atoms with van der Waals surface area (Å²) in [7, 11) is 0. The van der Waals surface area contributed by atoms with Crippen LogP contribution in [0, 0.1) is 6.08 Å². The molecule has 46 heavy (non-hydrogen) atoms.